The molecule has 4 heteroatoms. The van der Waals surface area contributed by atoms with E-state index in [1.165, 1.54) is 28.3 Å². The SMILES string of the molecule is CCc1ccc(-c2cccc3c2OC(F)(F)O3)c2c1-c1ccccc1C2. The molecule has 0 spiro atoms. The molecule has 1 aliphatic carbocycles. The van der Waals surface area contributed by atoms with Gasteiger partial charge in [-0.15, -0.1) is 8.78 Å². The monoisotopic (exact) mass is 350 g/mol. The molecule has 1 aliphatic heterocycles. The summed E-state index contributed by atoms with van der Waals surface area (Å²) >= 11 is 0. The fraction of sp³-hybridized carbons (Fsp3) is 0.182. The third-order valence-corrected chi connectivity index (χ3v) is 5.15. The van der Waals surface area contributed by atoms with Crippen molar-refractivity contribution in [3.8, 4) is 33.8 Å². The molecule has 0 saturated carbocycles. The molecule has 2 nitrogen and oxygen atoms in total. The fourth-order valence-corrected chi connectivity index (χ4v) is 4.05. The van der Waals surface area contributed by atoms with Crippen LogP contribution in [0.4, 0.5) is 8.78 Å². The number of halogens is 2. The number of ether oxygens (including phenoxy) is 2. The molecule has 0 bridgehead atoms. The van der Waals surface area contributed by atoms with Gasteiger partial charge in [0.1, 0.15) is 0 Å². The summed E-state index contributed by atoms with van der Waals surface area (Å²) in [6, 6.07) is 17.5. The summed E-state index contributed by atoms with van der Waals surface area (Å²) in [4.78, 5) is 0. The van der Waals surface area contributed by atoms with Gasteiger partial charge in [0.05, 0.1) is 0 Å². The lowest BCUT2D eigenvalue weighted by molar-refractivity contribution is -0.286. The number of aryl methyl sites for hydroxylation is 1. The lowest BCUT2D eigenvalue weighted by Crippen LogP contribution is -2.26. The minimum atomic E-state index is -3.62. The first-order chi connectivity index (χ1) is 12.6. The first kappa shape index (κ1) is 15.4. The third kappa shape index (κ3) is 2.15. The molecule has 130 valence electrons. The molecule has 0 aromatic heterocycles. The fourth-order valence-electron chi connectivity index (χ4n) is 4.05. The molecule has 5 rings (SSSR count). The van der Waals surface area contributed by atoms with Crippen LogP contribution in [-0.4, -0.2) is 6.29 Å². The largest absolute Gasteiger partial charge is 0.586 e. The first-order valence-corrected chi connectivity index (χ1v) is 8.69. The number of hydrogen-bond donors (Lipinski definition) is 0. The van der Waals surface area contributed by atoms with Gasteiger partial charge in [0.25, 0.3) is 0 Å². The van der Waals surface area contributed by atoms with Crippen LogP contribution in [-0.2, 0) is 12.8 Å². The summed E-state index contributed by atoms with van der Waals surface area (Å²) in [5.74, 6) is 0.191. The maximum atomic E-state index is 13.6. The van der Waals surface area contributed by atoms with E-state index in [0.717, 1.165) is 24.0 Å². The highest BCUT2D eigenvalue weighted by molar-refractivity contribution is 5.89. The van der Waals surface area contributed by atoms with Crippen molar-refractivity contribution >= 4 is 0 Å². The average molecular weight is 350 g/mol. The third-order valence-electron chi connectivity index (χ3n) is 5.15. The molecular formula is C22H16F2O2. The molecule has 2 aliphatic rings. The van der Waals surface area contributed by atoms with Crippen molar-refractivity contribution in [2.75, 3.05) is 0 Å². The van der Waals surface area contributed by atoms with Crippen molar-refractivity contribution in [2.45, 2.75) is 26.1 Å². The number of hydrogen-bond acceptors (Lipinski definition) is 2. The van der Waals surface area contributed by atoms with Crippen molar-refractivity contribution in [3.63, 3.8) is 0 Å². The van der Waals surface area contributed by atoms with E-state index in [2.05, 4.69) is 29.9 Å². The zero-order chi connectivity index (χ0) is 17.9. The van der Waals surface area contributed by atoms with Crippen LogP contribution in [0.25, 0.3) is 22.3 Å². The van der Waals surface area contributed by atoms with Gasteiger partial charge in [-0.3, -0.25) is 0 Å². The molecule has 0 amide bonds. The standard InChI is InChI=1S/C22H16F2O2/c1-2-13-10-11-16(18-12-14-6-3-4-7-15(14)20(13)18)17-8-5-9-19-21(17)26-22(23,24)25-19/h3-11H,2,12H2,1H3. The number of benzene rings is 3. The van der Waals surface area contributed by atoms with Crippen LogP contribution in [0.2, 0.25) is 0 Å². The maximum absolute atomic E-state index is 13.6. The van der Waals surface area contributed by atoms with E-state index in [4.69, 9.17) is 4.74 Å². The van der Waals surface area contributed by atoms with Gasteiger partial charge in [-0.25, -0.2) is 0 Å². The smallest absolute Gasteiger partial charge is 0.395 e. The van der Waals surface area contributed by atoms with E-state index in [9.17, 15) is 8.78 Å². The van der Waals surface area contributed by atoms with Gasteiger partial charge in [-0.1, -0.05) is 55.5 Å². The van der Waals surface area contributed by atoms with Crippen LogP contribution in [0.5, 0.6) is 11.5 Å². The van der Waals surface area contributed by atoms with Crippen molar-refractivity contribution in [1.82, 2.24) is 0 Å². The van der Waals surface area contributed by atoms with E-state index >= 15 is 0 Å². The van der Waals surface area contributed by atoms with Gasteiger partial charge in [-0.05, 0) is 52.3 Å². The molecule has 0 radical (unpaired) electrons. The number of para-hydroxylation sites is 1. The molecule has 26 heavy (non-hydrogen) atoms. The van der Waals surface area contributed by atoms with Gasteiger partial charge >= 0.3 is 6.29 Å². The van der Waals surface area contributed by atoms with Crippen molar-refractivity contribution < 1.29 is 18.3 Å². The summed E-state index contributed by atoms with van der Waals surface area (Å²) in [6.07, 6.45) is -1.91. The first-order valence-electron chi connectivity index (χ1n) is 8.69. The highest BCUT2D eigenvalue weighted by Gasteiger charge is 2.44. The summed E-state index contributed by atoms with van der Waals surface area (Å²) < 4.78 is 36.6. The highest BCUT2D eigenvalue weighted by Crippen LogP contribution is 2.50. The van der Waals surface area contributed by atoms with Crippen molar-refractivity contribution in [2.24, 2.45) is 0 Å². The van der Waals surface area contributed by atoms with Crippen molar-refractivity contribution in [1.29, 1.82) is 0 Å². The Hall–Kier alpha value is -2.88. The quantitative estimate of drug-likeness (QED) is 0.454. The maximum Gasteiger partial charge on any atom is 0.586 e. The van der Waals surface area contributed by atoms with E-state index in [1.807, 2.05) is 24.3 Å². The topological polar surface area (TPSA) is 18.5 Å². The molecule has 3 aromatic rings. The molecule has 0 fully saturated rings. The van der Waals surface area contributed by atoms with Gasteiger partial charge in [0.2, 0.25) is 0 Å². The van der Waals surface area contributed by atoms with E-state index in [0.29, 0.717) is 5.56 Å². The van der Waals surface area contributed by atoms with Crippen LogP contribution in [0.1, 0.15) is 23.6 Å². The Morgan fingerprint density at radius 1 is 0.885 bits per heavy atom. The van der Waals surface area contributed by atoms with Crippen LogP contribution < -0.4 is 9.47 Å². The molecule has 0 atom stereocenters. The summed E-state index contributed by atoms with van der Waals surface area (Å²) in [6.45, 7) is 2.13. The highest BCUT2D eigenvalue weighted by atomic mass is 19.3. The molecule has 0 unspecified atom stereocenters. The predicted octanol–water partition coefficient (Wildman–Crippen LogP) is 5.81. The normalized spacial score (nSPS) is 15.7. The van der Waals surface area contributed by atoms with Gasteiger partial charge < -0.3 is 9.47 Å². The number of fused-ring (bicyclic) bond motifs is 4. The van der Waals surface area contributed by atoms with E-state index in [-0.39, 0.29) is 11.5 Å². The zero-order valence-corrected chi connectivity index (χ0v) is 14.2. The molecule has 0 saturated heterocycles. The Morgan fingerprint density at radius 3 is 2.54 bits per heavy atom. The zero-order valence-electron chi connectivity index (χ0n) is 14.2. The number of alkyl halides is 2. The van der Waals surface area contributed by atoms with E-state index < -0.39 is 6.29 Å². The summed E-state index contributed by atoms with van der Waals surface area (Å²) in [7, 11) is 0. The minimum absolute atomic E-state index is 0.0799. The van der Waals surface area contributed by atoms with Gasteiger partial charge in [-0.2, -0.15) is 0 Å². The van der Waals surface area contributed by atoms with E-state index in [1.54, 1.807) is 6.07 Å². The Kier molecular flexibility index (Phi) is 3.14. The summed E-state index contributed by atoms with van der Waals surface area (Å²) in [5, 5.41) is 0. The Balaban J connectivity index is 1.74. The lowest BCUT2D eigenvalue weighted by Gasteiger charge is -2.14. The second-order valence-electron chi connectivity index (χ2n) is 6.61. The van der Waals surface area contributed by atoms with Gasteiger partial charge in [0, 0.05) is 5.56 Å². The molecule has 1 heterocycles. The second-order valence-corrected chi connectivity index (χ2v) is 6.61. The summed E-state index contributed by atoms with van der Waals surface area (Å²) in [5.41, 5.74) is 7.72. The van der Waals surface area contributed by atoms with Crippen LogP contribution in [0.3, 0.4) is 0 Å². The number of rotatable bonds is 2. The Bertz CT molecular complexity index is 1040. The second kappa shape index (κ2) is 5.31. The minimum Gasteiger partial charge on any atom is -0.395 e. The molecular weight excluding hydrogens is 334 g/mol. The van der Waals surface area contributed by atoms with Crippen LogP contribution in [0, 0.1) is 0 Å². The Morgan fingerprint density at radius 2 is 1.69 bits per heavy atom. The van der Waals surface area contributed by atoms with Gasteiger partial charge in [0.15, 0.2) is 11.5 Å². The molecule has 0 N–H and O–H groups in total. The van der Waals surface area contributed by atoms with Crippen LogP contribution in [0.15, 0.2) is 54.6 Å². The van der Waals surface area contributed by atoms with Crippen molar-refractivity contribution in [3.05, 3.63) is 71.3 Å². The Labute approximate surface area is 150 Å². The lowest BCUT2D eigenvalue weighted by atomic mass is 9.90. The van der Waals surface area contributed by atoms with Crippen LogP contribution >= 0.6 is 0 Å². The predicted molar refractivity (Wildman–Crippen MR) is 95.7 cm³/mol. The average Bonchev–Trinajstić information content (AvgIpc) is 3.17. The molecule has 3 aromatic carbocycles.